The number of hydrogen-bond donors (Lipinski definition) is 2. The second kappa shape index (κ2) is 9.68. The number of anilines is 1. The molecule has 168 valence electrons. The highest BCUT2D eigenvalue weighted by Crippen LogP contribution is 2.40. The number of amides is 1. The van der Waals surface area contributed by atoms with E-state index in [0.717, 1.165) is 69.8 Å². The van der Waals surface area contributed by atoms with Gasteiger partial charge in [0, 0.05) is 30.9 Å². The van der Waals surface area contributed by atoms with E-state index in [0.29, 0.717) is 5.41 Å². The molecule has 32 heavy (non-hydrogen) atoms. The Morgan fingerprint density at radius 1 is 1.34 bits per heavy atom. The molecule has 0 atom stereocenters. The zero-order valence-corrected chi connectivity index (χ0v) is 18.9. The van der Waals surface area contributed by atoms with Gasteiger partial charge in [-0.25, -0.2) is 4.98 Å². The third kappa shape index (κ3) is 5.45. The minimum Gasteiger partial charge on any atom is -0.379 e. The van der Waals surface area contributed by atoms with Crippen LogP contribution in [0.5, 0.6) is 0 Å². The Bertz CT molecular complexity index is 1040. The Hall–Kier alpha value is -2.95. The predicted molar refractivity (Wildman–Crippen MR) is 124 cm³/mol. The molecule has 2 aromatic rings. The minimum absolute atomic E-state index is 0.141. The van der Waals surface area contributed by atoms with Crippen LogP contribution in [0.1, 0.15) is 60.5 Å². The Kier molecular flexibility index (Phi) is 6.73. The van der Waals surface area contributed by atoms with Gasteiger partial charge in [0.25, 0.3) is 5.91 Å². The molecule has 7 heteroatoms. The molecule has 0 saturated carbocycles. The molecule has 2 N–H and O–H groups in total. The number of carbonyl (C=O) groups is 1. The molecule has 0 radical (unpaired) electrons. The summed E-state index contributed by atoms with van der Waals surface area (Å²) >= 11 is 0. The first-order valence-electron chi connectivity index (χ1n) is 11.3. The average molecular weight is 434 g/mol. The van der Waals surface area contributed by atoms with E-state index in [1.165, 1.54) is 17.3 Å². The Morgan fingerprint density at radius 2 is 2.16 bits per heavy atom. The molecule has 1 aromatic heterocycles. The highest BCUT2D eigenvalue weighted by Gasteiger charge is 2.24. The van der Waals surface area contributed by atoms with E-state index in [4.69, 9.17) is 10.00 Å². The number of aromatic amines is 1. The molecule has 1 saturated heterocycles. The van der Waals surface area contributed by atoms with Gasteiger partial charge in [-0.2, -0.15) is 5.26 Å². The van der Waals surface area contributed by atoms with Crippen LogP contribution in [0, 0.1) is 16.7 Å². The summed E-state index contributed by atoms with van der Waals surface area (Å²) in [4.78, 5) is 22.0. The van der Waals surface area contributed by atoms with Crippen molar-refractivity contribution in [2.24, 2.45) is 5.41 Å². The maximum absolute atomic E-state index is 12.7. The first-order valence-corrected chi connectivity index (χ1v) is 11.3. The Morgan fingerprint density at radius 3 is 2.84 bits per heavy atom. The van der Waals surface area contributed by atoms with Crippen molar-refractivity contribution < 1.29 is 9.53 Å². The quantitative estimate of drug-likeness (QED) is 0.718. The number of nitrogens with one attached hydrogen (secondary N) is 2. The van der Waals surface area contributed by atoms with Crippen LogP contribution in [0.4, 0.5) is 5.69 Å². The number of rotatable bonds is 6. The molecule has 2 heterocycles. The van der Waals surface area contributed by atoms with E-state index in [1.54, 1.807) is 0 Å². The first kappa shape index (κ1) is 22.3. The van der Waals surface area contributed by atoms with Crippen molar-refractivity contribution in [2.75, 3.05) is 38.2 Å². The molecule has 1 fully saturated rings. The van der Waals surface area contributed by atoms with Gasteiger partial charge in [-0.15, -0.1) is 0 Å². The van der Waals surface area contributed by atoms with Gasteiger partial charge >= 0.3 is 0 Å². The normalized spacial score (nSPS) is 18.6. The monoisotopic (exact) mass is 433 g/mol. The molecular formula is C25H31N5O2. The van der Waals surface area contributed by atoms with Gasteiger partial charge in [0.15, 0.2) is 5.82 Å². The molecule has 1 amide bonds. The zero-order chi connectivity index (χ0) is 22.6. The van der Waals surface area contributed by atoms with Gasteiger partial charge in [0.1, 0.15) is 11.8 Å². The number of carbonyl (C=O) groups excluding carboxylic acids is 1. The standard InChI is InChI=1S/C25H31N5O2/c1-25(2)8-5-19(6-9-25)21-15-18(7-10-30-11-13-32-14-12-30)3-4-22(21)29-24(31)23-27-17-20(16-26)28-23/h3-5,15,17H,6-14H2,1-2H3,(H,27,28)(H,29,31). The summed E-state index contributed by atoms with van der Waals surface area (Å²) in [6.07, 6.45) is 7.79. The van der Waals surface area contributed by atoms with E-state index in [2.05, 4.69) is 52.2 Å². The number of hydrogen-bond acceptors (Lipinski definition) is 5. The highest BCUT2D eigenvalue weighted by atomic mass is 16.5. The summed E-state index contributed by atoms with van der Waals surface area (Å²) in [5.74, 6) is -0.201. The fourth-order valence-corrected chi connectivity index (χ4v) is 4.23. The van der Waals surface area contributed by atoms with E-state index < -0.39 is 0 Å². The zero-order valence-electron chi connectivity index (χ0n) is 18.9. The van der Waals surface area contributed by atoms with Crippen LogP contribution in [0.2, 0.25) is 0 Å². The molecule has 1 aromatic carbocycles. The second-order valence-corrected chi connectivity index (χ2v) is 9.39. The Balaban J connectivity index is 1.56. The molecule has 1 aliphatic heterocycles. The van der Waals surface area contributed by atoms with Gasteiger partial charge in [0.2, 0.25) is 0 Å². The number of morpholine rings is 1. The lowest BCUT2D eigenvalue weighted by Crippen LogP contribution is -2.37. The molecule has 1 aliphatic carbocycles. The van der Waals surface area contributed by atoms with Gasteiger partial charge in [-0.05, 0) is 54.4 Å². The summed E-state index contributed by atoms with van der Waals surface area (Å²) in [6, 6.07) is 8.28. The maximum Gasteiger partial charge on any atom is 0.291 e. The third-order valence-electron chi connectivity index (χ3n) is 6.38. The molecule has 2 aliphatic rings. The summed E-state index contributed by atoms with van der Waals surface area (Å²) in [7, 11) is 0. The van der Waals surface area contributed by atoms with Crippen LogP contribution < -0.4 is 5.32 Å². The lowest BCUT2D eigenvalue weighted by Gasteiger charge is -2.30. The second-order valence-electron chi connectivity index (χ2n) is 9.39. The minimum atomic E-state index is -0.342. The first-order chi connectivity index (χ1) is 15.4. The summed E-state index contributed by atoms with van der Waals surface area (Å²) in [5, 5.41) is 12.0. The summed E-state index contributed by atoms with van der Waals surface area (Å²) in [6.45, 7) is 9.17. The van der Waals surface area contributed by atoms with E-state index >= 15 is 0 Å². The van der Waals surface area contributed by atoms with Gasteiger partial charge < -0.3 is 15.0 Å². The van der Waals surface area contributed by atoms with E-state index in [9.17, 15) is 4.79 Å². The maximum atomic E-state index is 12.7. The van der Waals surface area contributed by atoms with Crippen molar-refractivity contribution in [3.63, 3.8) is 0 Å². The topological polar surface area (TPSA) is 94.0 Å². The van der Waals surface area contributed by atoms with Gasteiger partial charge in [-0.1, -0.05) is 26.0 Å². The Labute approximate surface area is 189 Å². The van der Waals surface area contributed by atoms with Crippen molar-refractivity contribution in [3.05, 3.63) is 53.1 Å². The van der Waals surface area contributed by atoms with Crippen LogP contribution in [0.3, 0.4) is 0 Å². The van der Waals surface area contributed by atoms with Crippen LogP contribution in [0.25, 0.3) is 5.57 Å². The van der Waals surface area contributed by atoms with Crippen molar-refractivity contribution in [1.82, 2.24) is 14.9 Å². The average Bonchev–Trinajstić information content (AvgIpc) is 3.29. The smallest absolute Gasteiger partial charge is 0.291 e. The lowest BCUT2D eigenvalue weighted by atomic mass is 9.76. The molecular weight excluding hydrogens is 402 g/mol. The molecule has 0 unspecified atom stereocenters. The summed E-state index contributed by atoms with van der Waals surface area (Å²) < 4.78 is 5.45. The number of imidazole rings is 1. The predicted octanol–water partition coefficient (Wildman–Crippen LogP) is 4.00. The lowest BCUT2D eigenvalue weighted by molar-refractivity contribution is 0.0384. The number of nitriles is 1. The number of allylic oxidation sites excluding steroid dienone is 2. The van der Waals surface area contributed by atoms with Crippen molar-refractivity contribution >= 4 is 17.2 Å². The van der Waals surface area contributed by atoms with Crippen LogP contribution >= 0.6 is 0 Å². The molecule has 0 spiro atoms. The molecule has 7 nitrogen and oxygen atoms in total. The van der Waals surface area contributed by atoms with Crippen LogP contribution in [-0.2, 0) is 11.2 Å². The summed E-state index contributed by atoms with van der Waals surface area (Å²) in [5.41, 5.74) is 4.99. The SMILES string of the molecule is CC1(C)CC=C(c2cc(CCN3CCOCC3)ccc2NC(=O)c2ncc(C#N)[nH]2)CC1. The van der Waals surface area contributed by atoms with E-state index in [-0.39, 0.29) is 17.4 Å². The van der Waals surface area contributed by atoms with Crippen LogP contribution in [-0.4, -0.2) is 53.6 Å². The number of nitrogens with zero attached hydrogens (tertiary/aromatic N) is 3. The van der Waals surface area contributed by atoms with E-state index in [1.807, 2.05) is 12.1 Å². The fraction of sp³-hybridized carbons (Fsp3) is 0.480. The largest absolute Gasteiger partial charge is 0.379 e. The highest BCUT2D eigenvalue weighted by molar-refractivity contribution is 6.03. The van der Waals surface area contributed by atoms with Crippen LogP contribution in [0.15, 0.2) is 30.5 Å². The number of H-pyrrole nitrogens is 1. The molecule has 0 bridgehead atoms. The third-order valence-corrected chi connectivity index (χ3v) is 6.38. The fourth-order valence-electron chi connectivity index (χ4n) is 4.23. The number of aromatic nitrogens is 2. The van der Waals surface area contributed by atoms with Crippen molar-refractivity contribution in [3.8, 4) is 6.07 Å². The van der Waals surface area contributed by atoms with Crippen molar-refractivity contribution in [2.45, 2.75) is 39.5 Å². The van der Waals surface area contributed by atoms with Gasteiger partial charge in [0.05, 0.1) is 19.4 Å². The number of ether oxygens (including phenoxy) is 1. The van der Waals surface area contributed by atoms with Gasteiger partial charge in [-0.3, -0.25) is 9.69 Å². The van der Waals surface area contributed by atoms with Crippen molar-refractivity contribution in [1.29, 1.82) is 5.26 Å². The molecule has 4 rings (SSSR count). The number of benzene rings is 1.